The summed E-state index contributed by atoms with van der Waals surface area (Å²) in [5.41, 5.74) is 3.66. The molecule has 0 spiro atoms. The van der Waals surface area contributed by atoms with Crippen LogP contribution in [0, 0.1) is 6.92 Å². The number of aryl methyl sites for hydroxylation is 1. The van der Waals surface area contributed by atoms with Gasteiger partial charge in [-0.05, 0) is 55.7 Å². The van der Waals surface area contributed by atoms with Crippen molar-refractivity contribution in [2.45, 2.75) is 27.4 Å². The third kappa shape index (κ3) is 3.33. The molecule has 3 rings (SSSR count). The van der Waals surface area contributed by atoms with Crippen LogP contribution in [0.4, 0.5) is 0 Å². The summed E-state index contributed by atoms with van der Waals surface area (Å²) in [6.45, 7) is 5.91. The lowest BCUT2D eigenvalue weighted by Crippen LogP contribution is -2.02. The van der Waals surface area contributed by atoms with E-state index in [4.69, 9.17) is 9.47 Å². The molecule has 0 N–H and O–H groups in total. The van der Waals surface area contributed by atoms with E-state index in [1.165, 1.54) is 7.11 Å². The van der Waals surface area contributed by atoms with Gasteiger partial charge in [-0.15, -0.1) is 0 Å². The fraction of sp³-hybridized carbons (Fsp3) is 0.238. The van der Waals surface area contributed by atoms with Crippen molar-refractivity contribution >= 4 is 11.8 Å². The lowest BCUT2D eigenvalue weighted by molar-refractivity contribution is 0.0600. The molecule has 0 saturated heterocycles. The fourth-order valence-corrected chi connectivity index (χ4v) is 2.80. The van der Waals surface area contributed by atoms with E-state index in [0.29, 0.717) is 35.0 Å². The maximum Gasteiger partial charge on any atom is 0.337 e. The van der Waals surface area contributed by atoms with Crippen molar-refractivity contribution in [3.05, 3.63) is 70.0 Å². The van der Waals surface area contributed by atoms with Gasteiger partial charge in [0.05, 0.1) is 18.2 Å². The zero-order valence-corrected chi connectivity index (χ0v) is 15.2. The van der Waals surface area contributed by atoms with E-state index in [2.05, 4.69) is 4.74 Å². The van der Waals surface area contributed by atoms with Crippen LogP contribution in [0.3, 0.4) is 0 Å². The number of Topliss-reactive ketones (excluding diaryl/α,β-unsaturated/α-hetero) is 1. The molecule has 2 aromatic rings. The molecule has 26 heavy (non-hydrogen) atoms. The molecular formula is C21H20O5. The van der Waals surface area contributed by atoms with E-state index in [9.17, 15) is 9.59 Å². The third-order valence-corrected chi connectivity index (χ3v) is 4.15. The zero-order chi connectivity index (χ0) is 18.8. The molecule has 2 aromatic carbocycles. The minimum atomic E-state index is -0.372. The van der Waals surface area contributed by atoms with Gasteiger partial charge in [0, 0.05) is 6.07 Å². The number of esters is 1. The Balaban J connectivity index is 1.76. The lowest BCUT2D eigenvalue weighted by atomic mass is 10.0. The quantitative estimate of drug-likeness (QED) is 0.609. The number of rotatable bonds is 4. The normalized spacial score (nSPS) is 12.5. The zero-order valence-electron chi connectivity index (χ0n) is 15.2. The Kier molecular flexibility index (Phi) is 4.80. The predicted octanol–water partition coefficient (Wildman–Crippen LogP) is 4.23. The van der Waals surface area contributed by atoms with Gasteiger partial charge >= 0.3 is 5.97 Å². The number of ether oxygens (including phenoxy) is 3. The summed E-state index contributed by atoms with van der Waals surface area (Å²) >= 11 is 0. The Morgan fingerprint density at radius 2 is 1.81 bits per heavy atom. The Bertz CT molecular complexity index is 903. The van der Waals surface area contributed by atoms with Gasteiger partial charge in [-0.1, -0.05) is 12.1 Å². The molecule has 1 aliphatic heterocycles. The number of hydrogen-bond donors (Lipinski definition) is 0. The predicted molar refractivity (Wildman–Crippen MR) is 96.6 cm³/mol. The van der Waals surface area contributed by atoms with Crippen LogP contribution in [0.25, 0.3) is 0 Å². The second-order valence-electron chi connectivity index (χ2n) is 6.35. The number of allylic oxidation sites excluding steroid dienone is 2. The van der Waals surface area contributed by atoms with Crippen LogP contribution in [0.5, 0.6) is 11.5 Å². The standard InChI is InChI=1S/C21H20O5/c1-12(2)20-19(22)18-13(3)9-16(10-17(18)26-20)25-11-14-5-7-15(8-6-14)21(23)24-4/h5-10H,11H2,1-4H3. The molecular weight excluding hydrogens is 332 g/mol. The molecule has 0 amide bonds. The van der Waals surface area contributed by atoms with Gasteiger partial charge in [0.25, 0.3) is 0 Å². The number of methoxy groups -OCH3 is 1. The van der Waals surface area contributed by atoms with Crippen LogP contribution in [0.2, 0.25) is 0 Å². The van der Waals surface area contributed by atoms with E-state index in [1.807, 2.05) is 39.0 Å². The number of carbonyl (C=O) groups is 2. The molecule has 1 heterocycles. The second kappa shape index (κ2) is 7.04. The van der Waals surface area contributed by atoms with Gasteiger partial charge in [0.15, 0.2) is 5.76 Å². The largest absolute Gasteiger partial charge is 0.489 e. The van der Waals surface area contributed by atoms with Crippen molar-refractivity contribution in [2.24, 2.45) is 0 Å². The maximum absolute atomic E-state index is 12.4. The van der Waals surface area contributed by atoms with Gasteiger partial charge < -0.3 is 14.2 Å². The van der Waals surface area contributed by atoms with E-state index in [1.54, 1.807) is 18.2 Å². The number of carbonyl (C=O) groups excluding carboxylic acids is 2. The van der Waals surface area contributed by atoms with E-state index >= 15 is 0 Å². The summed E-state index contributed by atoms with van der Waals surface area (Å²) in [6.07, 6.45) is 0. The van der Waals surface area contributed by atoms with E-state index < -0.39 is 0 Å². The van der Waals surface area contributed by atoms with Crippen LogP contribution in [-0.4, -0.2) is 18.9 Å². The highest BCUT2D eigenvalue weighted by Gasteiger charge is 2.30. The Morgan fingerprint density at radius 1 is 1.12 bits per heavy atom. The van der Waals surface area contributed by atoms with Crippen molar-refractivity contribution in [3.63, 3.8) is 0 Å². The number of hydrogen-bond acceptors (Lipinski definition) is 5. The molecule has 0 bridgehead atoms. The topological polar surface area (TPSA) is 61.8 Å². The molecule has 1 aliphatic rings. The maximum atomic E-state index is 12.4. The Labute approximate surface area is 152 Å². The van der Waals surface area contributed by atoms with Crippen LogP contribution in [-0.2, 0) is 11.3 Å². The monoisotopic (exact) mass is 352 g/mol. The molecule has 0 atom stereocenters. The minimum Gasteiger partial charge on any atom is -0.489 e. The van der Waals surface area contributed by atoms with Crippen molar-refractivity contribution in [3.8, 4) is 11.5 Å². The molecule has 0 unspecified atom stereocenters. The van der Waals surface area contributed by atoms with Crippen LogP contribution in [0.15, 0.2) is 47.7 Å². The molecule has 0 radical (unpaired) electrons. The van der Waals surface area contributed by atoms with Gasteiger partial charge in [-0.25, -0.2) is 4.79 Å². The van der Waals surface area contributed by atoms with E-state index in [-0.39, 0.29) is 11.8 Å². The van der Waals surface area contributed by atoms with Crippen LogP contribution in [0.1, 0.15) is 45.7 Å². The summed E-state index contributed by atoms with van der Waals surface area (Å²) < 4.78 is 16.2. The highest BCUT2D eigenvalue weighted by molar-refractivity contribution is 6.13. The number of ketones is 1. The molecule has 0 saturated carbocycles. The summed E-state index contributed by atoms with van der Waals surface area (Å²) in [7, 11) is 1.35. The summed E-state index contributed by atoms with van der Waals surface area (Å²) in [4.78, 5) is 23.9. The lowest BCUT2D eigenvalue weighted by Gasteiger charge is -2.09. The smallest absolute Gasteiger partial charge is 0.337 e. The Morgan fingerprint density at radius 3 is 2.42 bits per heavy atom. The Hall–Kier alpha value is -3.08. The summed E-state index contributed by atoms with van der Waals surface area (Å²) in [6, 6.07) is 10.6. The first-order valence-corrected chi connectivity index (χ1v) is 8.25. The second-order valence-corrected chi connectivity index (χ2v) is 6.35. The first-order chi connectivity index (χ1) is 12.4. The summed E-state index contributed by atoms with van der Waals surface area (Å²) in [5, 5.41) is 0. The SMILES string of the molecule is COC(=O)c1ccc(COc2cc(C)c3c(c2)OC(=C(C)C)C3=O)cc1. The van der Waals surface area contributed by atoms with Gasteiger partial charge in [0.1, 0.15) is 18.1 Å². The first kappa shape index (κ1) is 17.7. The first-order valence-electron chi connectivity index (χ1n) is 8.25. The highest BCUT2D eigenvalue weighted by Crippen LogP contribution is 2.38. The summed E-state index contributed by atoms with van der Waals surface area (Å²) in [5.74, 6) is 1.09. The van der Waals surface area contributed by atoms with Crippen LogP contribution >= 0.6 is 0 Å². The van der Waals surface area contributed by atoms with Crippen molar-refractivity contribution in [1.29, 1.82) is 0 Å². The highest BCUT2D eigenvalue weighted by atomic mass is 16.5. The van der Waals surface area contributed by atoms with Gasteiger partial charge in [0.2, 0.25) is 5.78 Å². The molecule has 5 heteroatoms. The molecule has 5 nitrogen and oxygen atoms in total. The van der Waals surface area contributed by atoms with Crippen LogP contribution < -0.4 is 9.47 Å². The van der Waals surface area contributed by atoms with E-state index in [0.717, 1.165) is 16.7 Å². The fourth-order valence-electron chi connectivity index (χ4n) is 2.80. The molecule has 0 fully saturated rings. The van der Waals surface area contributed by atoms with Crippen molar-refractivity contribution in [2.75, 3.05) is 7.11 Å². The third-order valence-electron chi connectivity index (χ3n) is 4.15. The number of benzene rings is 2. The average Bonchev–Trinajstić information content (AvgIpc) is 2.97. The number of fused-ring (bicyclic) bond motifs is 1. The van der Waals surface area contributed by atoms with Gasteiger partial charge in [-0.3, -0.25) is 4.79 Å². The molecule has 0 aromatic heterocycles. The minimum absolute atomic E-state index is 0.0811. The average molecular weight is 352 g/mol. The molecule has 134 valence electrons. The van der Waals surface area contributed by atoms with Crippen molar-refractivity contribution < 1.29 is 23.8 Å². The van der Waals surface area contributed by atoms with Crippen molar-refractivity contribution in [1.82, 2.24) is 0 Å². The molecule has 0 aliphatic carbocycles. The van der Waals surface area contributed by atoms with Gasteiger partial charge in [-0.2, -0.15) is 0 Å².